The summed E-state index contributed by atoms with van der Waals surface area (Å²) < 4.78 is 0. The van der Waals surface area contributed by atoms with Crippen LogP contribution in [0, 0.1) is 0 Å². The minimum atomic E-state index is -0.406. The van der Waals surface area contributed by atoms with Crippen LogP contribution >= 0.6 is 0 Å². The predicted molar refractivity (Wildman–Crippen MR) is 75.4 cm³/mol. The maximum Gasteiger partial charge on any atom is 0.315 e. The average Bonchev–Trinajstić information content (AvgIpc) is 3.09. The molecule has 3 heterocycles. The number of amides is 4. The summed E-state index contributed by atoms with van der Waals surface area (Å²) in [5.74, 6) is 0.0702. The van der Waals surface area contributed by atoms with Gasteiger partial charge < -0.3 is 20.4 Å². The first-order chi connectivity index (χ1) is 10.1. The van der Waals surface area contributed by atoms with Crippen LogP contribution in [0.2, 0.25) is 0 Å². The number of carbonyl (C=O) groups excluding carboxylic acids is 3. The van der Waals surface area contributed by atoms with Crippen LogP contribution in [-0.2, 0) is 9.59 Å². The van der Waals surface area contributed by atoms with E-state index in [1.165, 1.54) is 0 Å². The van der Waals surface area contributed by atoms with E-state index in [2.05, 4.69) is 17.2 Å². The van der Waals surface area contributed by atoms with Gasteiger partial charge in [-0.15, -0.1) is 6.58 Å². The molecule has 0 aliphatic carbocycles. The third-order valence-electron chi connectivity index (χ3n) is 4.43. The monoisotopic (exact) mass is 292 g/mol. The van der Waals surface area contributed by atoms with Gasteiger partial charge in [0.15, 0.2) is 0 Å². The predicted octanol–water partition coefficient (Wildman–Crippen LogP) is -0.554. The topological polar surface area (TPSA) is 81.8 Å². The number of nitrogens with zero attached hydrogens (tertiary/aromatic N) is 2. The Morgan fingerprint density at radius 2 is 2.05 bits per heavy atom. The lowest BCUT2D eigenvalue weighted by molar-refractivity contribution is -0.156. The van der Waals surface area contributed by atoms with Crippen LogP contribution in [0.4, 0.5) is 4.79 Å². The molecule has 3 fully saturated rings. The van der Waals surface area contributed by atoms with Crippen molar-refractivity contribution in [1.29, 1.82) is 0 Å². The van der Waals surface area contributed by atoms with Gasteiger partial charge in [-0.1, -0.05) is 6.08 Å². The van der Waals surface area contributed by atoms with Crippen molar-refractivity contribution < 1.29 is 14.4 Å². The van der Waals surface area contributed by atoms with Crippen molar-refractivity contribution in [3.63, 3.8) is 0 Å². The molecule has 0 unspecified atom stereocenters. The summed E-state index contributed by atoms with van der Waals surface area (Å²) in [6.07, 6.45) is 3.74. The van der Waals surface area contributed by atoms with Crippen LogP contribution in [0.1, 0.15) is 19.3 Å². The van der Waals surface area contributed by atoms with Crippen molar-refractivity contribution in [2.24, 2.45) is 0 Å². The van der Waals surface area contributed by atoms with E-state index in [0.29, 0.717) is 26.1 Å². The molecule has 3 aliphatic heterocycles. The molecule has 7 nitrogen and oxygen atoms in total. The number of hydrogen-bond acceptors (Lipinski definition) is 3. The summed E-state index contributed by atoms with van der Waals surface area (Å²) in [6, 6.07) is -1.15. The van der Waals surface area contributed by atoms with E-state index in [4.69, 9.17) is 0 Å². The van der Waals surface area contributed by atoms with Crippen LogP contribution in [0.3, 0.4) is 0 Å². The molecule has 0 aromatic heterocycles. The lowest BCUT2D eigenvalue weighted by Crippen LogP contribution is -2.60. The van der Waals surface area contributed by atoms with Gasteiger partial charge in [-0.3, -0.25) is 9.59 Å². The first-order valence-corrected chi connectivity index (χ1v) is 7.38. The maximum atomic E-state index is 12.4. The van der Waals surface area contributed by atoms with Gasteiger partial charge in [0.2, 0.25) is 11.8 Å². The van der Waals surface area contributed by atoms with Gasteiger partial charge >= 0.3 is 6.03 Å². The van der Waals surface area contributed by atoms with Gasteiger partial charge in [0.1, 0.15) is 12.1 Å². The Morgan fingerprint density at radius 1 is 1.29 bits per heavy atom. The van der Waals surface area contributed by atoms with E-state index in [9.17, 15) is 14.4 Å². The van der Waals surface area contributed by atoms with Crippen molar-refractivity contribution in [2.45, 2.75) is 37.4 Å². The molecule has 21 heavy (non-hydrogen) atoms. The van der Waals surface area contributed by atoms with E-state index in [0.717, 1.165) is 12.8 Å². The molecular formula is C14H20N4O3. The fraction of sp³-hybridized carbons (Fsp3) is 0.643. The van der Waals surface area contributed by atoms with Crippen molar-refractivity contribution in [2.75, 3.05) is 19.6 Å². The molecule has 0 radical (unpaired) electrons. The summed E-state index contributed by atoms with van der Waals surface area (Å²) in [5, 5.41) is 5.45. The Hall–Kier alpha value is -2.05. The quantitative estimate of drug-likeness (QED) is 0.685. The van der Waals surface area contributed by atoms with Crippen molar-refractivity contribution >= 4 is 17.8 Å². The van der Waals surface area contributed by atoms with Crippen LogP contribution in [0.5, 0.6) is 0 Å². The molecule has 114 valence electrons. The van der Waals surface area contributed by atoms with Gasteiger partial charge in [0.25, 0.3) is 0 Å². The number of nitrogens with one attached hydrogen (secondary N) is 2. The third-order valence-corrected chi connectivity index (χ3v) is 4.43. The minimum Gasteiger partial charge on any atom is -0.335 e. The maximum absolute atomic E-state index is 12.4. The molecule has 7 heteroatoms. The Labute approximate surface area is 123 Å². The highest BCUT2D eigenvalue weighted by molar-refractivity contribution is 5.98. The fourth-order valence-electron chi connectivity index (χ4n) is 3.49. The summed E-state index contributed by atoms with van der Waals surface area (Å²) in [5.41, 5.74) is 0. The highest BCUT2D eigenvalue weighted by atomic mass is 16.2. The van der Waals surface area contributed by atoms with E-state index < -0.39 is 6.04 Å². The number of urea groups is 1. The van der Waals surface area contributed by atoms with Crippen LogP contribution in [-0.4, -0.2) is 65.4 Å². The van der Waals surface area contributed by atoms with Gasteiger partial charge in [-0.25, -0.2) is 4.79 Å². The molecule has 3 atom stereocenters. The van der Waals surface area contributed by atoms with Gasteiger partial charge in [-0.2, -0.15) is 0 Å². The molecule has 4 amide bonds. The third kappa shape index (κ3) is 2.36. The van der Waals surface area contributed by atoms with E-state index in [1.807, 2.05) is 0 Å². The molecule has 0 bridgehead atoms. The zero-order valence-electron chi connectivity index (χ0n) is 11.9. The first kappa shape index (κ1) is 13.9. The number of carbonyl (C=O) groups is 3. The highest BCUT2D eigenvalue weighted by Gasteiger charge is 2.51. The number of hydrogen-bond donors (Lipinski definition) is 2. The van der Waals surface area contributed by atoms with E-state index >= 15 is 0 Å². The smallest absolute Gasteiger partial charge is 0.315 e. The molecule has 0 aromatic rings. The Morgan fingerprint density at radius 3 is 2.81 bits per heavy atom. The lowest BCUT2D eigenvalue weighted by Gasteiger charge is -2.38. The molecule has 2 N–H and O–H groups in total. The summed E-state index contributed by atoms with van der Waals surface area (Å²) in [6.45, 7) is 5.01. The van der Waals surface area contributed by atoms with Crippen molar-refractivity contribution in [3.8, 4) is 0 Å². The molecule has 0 spiro atoms. The second-order valence-electron chi connectivity index (χ2n) is 5.77. The zero-order valence-corrected chi connectivity index (χ0v) is 11.9. The average molecular weight is 292 g/mol. The summed E-state index contributed by atoms with van der Waals surface area (Å²) in [7, 11) is 0. The highest BCUT2D eigenvalue weighted by Crippen LogP contribution is 2.32. The van der Waals surface area contributed by atoms with Crippen LogP contribution < -0.4 is 10.6 Å². The van der Waals surface area contributed by atoms with Crippen molar-refractivity contribution in [1.82, 2.24) is 20.4 Å². The van der Waals surface area contributed by atoms with Gasteiger partial charge in [0, 0.05) is 19.6 Å². The van der Waals surface area contributed by atoms with E-state index in [-0.39, 0.29) is 29.9 Å². The minimum absolute atomic E-state index is 0.0351. The normalized spacial score (nSPS) is 31.0. The van der Waals surface area contributed by atoms with Crippen LogP contribution in [0.25, 0.3) is 0 Å². The first-order valence-electron chi connectivity index (χ1n) is 7.38. The van der Waals surface area contributed by atoms with Gasteiger partial charge in [0.05, 0.1) is 6.04 Å². The number of fused-ring (bicyclic) bond motifs is 2. The molecule has 3 rings (SSSR count). The number of piperazine rings is 1. The fourth-order valence-corrected chi connectivity index (χ4v) is 3.49. The Kier molecular flexibility index (Phi) is 3.57. The zero-order chi connectivity index (χ0) is 15.0. The standard InChI is InChI=1S/C14H20N4O3/c1-2-5-15-14(21)16-9-7-11-13(20)17-6-3-4-10(17)12(19)18(11)8-9/h2,9-11H,1,3-8H2,(H2,15,16,21)/t9-,10+,11-/m0/s1. The SMILES string of the molecule is C=CCNC(=O)N[C@H]1C[C@H]2C(=O)N3CCC[C@@H]3C(=O)N2C1. The molecule has 0 aromatic carbocycles. The Balaban J connectivity index is 1.65. The second-order valence-corrected chi connectivity index (χ2v) is 5.77. The van der Waals surface area contributed by atoms with Crippen molar-refractivity contribution in [3.05, 3.63) is 12.7 Å². The number of rotatable bonds is 3. The van der Waals surface area contributed by atoms with E-state index in [1.54, 1.807) is 15.9 Å². The summed E-state index contributed by atoms with van der Waals surface area (Å²) >= 11 is 0. The van der Waals surface area contributed by atoms with Crippen LogP contribution in [0.15, 0.2) is 12.7 Å². The second kappa shape index (κ2) is 5.38. The summed E-state index contributed by atoms with van der Waals surface area (Å²) in [4.78, 5) is 39.9. The van der Waals surface area contributed by atoms with Gasteiger partial charge in [-0.05, 0) is 19.3 Å². The lowest BCUT2D eigenvalue weighted by atomic mass is 10.1. The molecular weight excluding hydrogens is 272 g/mol. The molecule has 3 saturated heterocycles. The molecule has 0 saturated carbocycles. The largest absolute Gasteiger partial charge is 0.335 e. The molecule has 3 aliphatic rings. The Bertz CT molecular complexity index is 463.